The zero-order chi connectivity index (χ0) is 27.2. The van der Waals surface area contributed by atoms with E-state index >= 15 is 0 Å². The molecule has 0 bridgehead atoms. The Kier molecular flexibility index (Phi) is 6.58. The van der Waals surface area contributed by atoms with Gasteiger partial charge in [0.1, 0.15) is 24.9 Å². The molecule has 5 N–H and O–H groups in total. The maximum Gasteiger partial charge on any atom is 0.331 e. The van der Waals surface area contributed by atoms with Gasteiger partial charge in [0, 0.05) is 11.5 Å². The van der Waals surface area contributed by atoms with Gasteiger partial charge in [-0.05, 0) is 93.0 Å². The summed E-state index contributed by atoms with van der Waals surface area (Å²) in [6, 6.07) is 0. The van der Waals surface area contributed by atoms with Crippen LogP contribution < -0.4 is 0 Å². The highest BCUT2D eigenvalue weighted by atomic mass is 16.7. The van der Waals surface area contributed by atoms with Gasteiger partial charge in [0.15, 0.2) is 6.29 Å². The molecule has 9 heteroatoms. The summed E-state index contributed by atoms with van der Waals surface area (Å²) >= 11 is 0. The topological polar surface area (TPSA) is 146 Å². The van der Waals surface area contributed by atoms with E-state index in [1.165, 1.54) is 0 Å². The van der Waals surface area contributed by atoms with Crippen LogP contribution in [0.25, 0.3) is 0 Å². The standard InChI is InChI=1S/C29H44O9/c1-14-23(32)24(33)25(34)26(37-14)38-17-6-8-27(2)16(11-17)4-5-19-22(27)20(30)12-28(3)18(7-9-29(19,28)35)15-10-21(31)36-13-15/h10,14,16-20,22-26,30,32-35H,4-9,11-13H2,1-3H3/t14-,16-,17+,18-,19-,20-,22-,23-,24-,25-,26+,27+,28-,29+/m1/s1. The van der Waals surface area contributed by atoms with Crippen LogP contribution in [0.4, 0.5) is 0 Å². The first-order valence-corrected chi connectivity index (χ1v) is 14.5. The van der Waals surface area contributed by atoms with E-state index in [9.17, 15) is 30.3 Å². The van der Waals surface area contributed by atoms with Gasteiger partial charge in [-0.1, -0.05) is 13.8 Å². The number of cyclic esters (lactones) is 1. The van der Waals surface area contributed by atoms with Gasteiger partial charge in [0.2, 0.25) is 0 Å². The minimum atomic E-state index is -1.32. The lowest BCUT2D eigenvalue weighted by Gasteiger charge is -2.65. The molecule has 4 aliphatic carbocycles. The molecule has 214 valence electrons. The van der Waals surface area contributed by atoms with Crippen LogP contribution in [0.15, 0.2) is 11.6 Å². The van der Waals surface area contributed by atoms with Crippen molar-refractivity contribution in [3.05, 3.63) is 11.6 Å². The number of fused-ring (bicyclic) bond motifs is 5. The second kappa shape index (κ2) is 9.23. The lowest BCUT2D eigenvalue weighted by Crippen LogP contribution is -2.66. The zero-order valence-corrected chi connectivity index (χ0v) is 22.7. The average Bonchev–Trinajstić information content (AvgIpc) is 3.41. The van der Waals surface area contributed by atoms with E-state index < -0.39 is 47.8 Å². The van der Waals surface area contributed by atoms with Crippen molar-refractivity contribution in [1.29, 1.82) is 0 Å². The van der Waals surface area contributed by atoms with Crippen molar-refractivity contribution >= 4 is 5.97 Å². The molecule has 2 heterocycles. The van der Waals surface area contributed by atoms with Gasteiger partial charge in [-0.3, -0.25) is 0 Å². The van der Waals surface area contributed by atoms with Crippen LogP contribution in [0.1, 0.15) is 72.1 Å². The first-order valence-electron chi connectivity index (χ1n) is 14.5. The van der Waals surface area contributed by atoms with Crippen LogP contribution in [0.3, 0.4) is 0 Å². The molecule has 0 spiro atoms. The van der Waals surface area contributed by atoms with Crippen LogP contribution in [0.2, 0.25) is 0 Å². The van der Waals surface area contributed by atoms with Gasteiger partial charge >= 0.3 is 5.97 Å². The van der Waals surface area contributed by atoms with E-state index in [4.69, 9.17) is 14.2 Å². The molecule has 38 heavy (non-hydrogen) atoms. The monoisotopic (exact) mass is 536 g/mol. The zero-order valence-electron chi connectivity index (χ0n) is 22.7. The Morgan fingerprint density at radius 1 is 1.00 bits per heavy atom. The van der Waals surface area contributed by atoms with Gasteiger partial charge in [0.05, 0.1) is 23.9 Å². The second-order valence-corrected chi connectivity index (χ2v) is 13.7. The molecular formula is C29H44O9. The molecule has 2 aliphatic heterocycles. The van der Waals surface area contributed by atoms with Crippen molar-refractivity contribution < 1.29 is 44.5 Å². The van der Waals surface area contributed by atoms with Crippen molar-refractivity contribution in [2.24, 2.45) is 34.5 Å². The van der Waals surface area contributed by atoms with E-state index in [0.29, 0.717) is 18.8 Å². The fourth-order valence-electron chi connectivity index (χ4n) is 9.91. The normalized spacial score (nSPS) is 56.5. The van der Waals surface area contributed by atoms with Gasteiger partial charge < -0.3 is 39.7 Å². The summed E-state index contributed by atoms with van der Waals surface area (Å²) in [5.74, 6) is -0.0314. The van der Waals surface area contributed by atoms with Crippen molar-refractivity contribution in [2.45, 2.75) is 121 Å². The third kappa shape index (κ3) is 3.80. The molecule has 0 aromatic carbocycles. The van der Waals surface area contributed by atoms with Crippen LogP contribution in [0.5, 0.6) is 0 Å². The first kappa shape index (κ1) is 27.1. The number of esters is 1. The maximum atomic E-state index is 12.4. The Balaban J connectivity index is 1.19. The molecular weight excluding hydrogens is 492 g/mol. The smallest absolute Gasteiger partial charge is 0.331 e. The lowest BCUT2D eigenvalue weighted by molar-refractivity contribution is -0.311. The number of carbonyl (C=O) groups excluding carboxylic acids is 1. The maximum absolute atomic E-state index is 12.4. The summed E-state index contributed by atoms with van der Waals surface area (Å²) < 4.78 is 17.1. The van der Waals surface area contributed by atoms with E-state index in [1.54, 1.807) is 13.0 Å². The molecule has 6 aliphatic rings. The van der Waals surface area contributed by atoms with Gasteiger partial charge in [0.25, 0.3) is 0 Å². The predicted molar refractivity (Wildman–Crippen MR) is 134 cm³/mol. The fourth-order valence-corrected chi connectivity index (χ4v) is 9.91. The highest BCUT2D eigenvalue weighted by Gasteiger charge is 2.70. The van der Waals surface area contributed by atoms with Gasteiger partial charge in [-0.25, -0.2) is 4.79 Å². The molecule has 0 amide bonds. The van der Waals surface area contributed by atoms with Gasteiger partial charge in [-0.2, -0.15) is 0 Å². The van der Waals surface area contributed by atoms with E-state index in [0.717, 1.165) is 44.1 Å². The molecule has 6 rings (SSSR count). The number of aliphatic hydroxyl groups is 5. The molecule has 0 aromatic heterocycles. The first-order chi connectivity index (χ1) is 17.9. The Morgan fingerprint density at radius 3 is 2.47 bits per heavy atom. The number of rotatable bonds is 3. The van der Waals surface area contributed by atoms with E-state index in [1.807, 2.05) is 0 Å². The summed E-state index contributed by atoms with van der Waals surface area (Å²) in [4.78, 5) is 11.8. The Hall–Kier alpha value is -1.07. The minimum Gasteiger partial charge on any atom is -0.458 e. The molecule has 5 fully saturated rings. The fraction of sp³-hybridized carbons (Fsp3) is 0.897. The van der Waals surface area contributed by atoms with Crippen LogP contribution >= 0.6 is 0 Å². The second-order valence-electron chi connectivity index (χ2n) is 13.7. The Morgan fingerprint density at radius 2 is 1.76 bits per heavy atom. The SMILES string of the molecule is C[C@H]1O[C@@H](O[C@H]2CC[C@@]3(C)[C@H](CC[C@@H]4[C@@H]3[C@H](O)C[C@]3(C)[C@@H](C5=CC(=O)OC5)CC[C@]43O)C2)[C@H](O)[C@H](O)[C@@H]1O. The number of ether oxygens (including phenoxy) is 3. The highest BCUT2D eigenvalue weighted by Crippen LogP contribution is 2.70. The van der Waals surface area contributed by atoms with Crippen molar-refractivity contribution in [3.8, 4) is 0 Å². The largest absolute Gasteiger partial charge is 0.458 e. The Bertz CT molecular complexity index is 985. The average molecular weight is 537 g/mol. The summed E-state index contributed by atoms with van der Waals surface area (Å²) in [6.07, 6.45) is 1.49. The van der Waals surface area contributed by atoms with Crippen molar-refractivity contribution in [2.75, 3.05) is 6.61 Å². The van der Waals surface area contributed by atoms with Crippen molar-refractivity contribution in [1.82, 2.24) is 0 Å². The molecule has 0 radical (unpaired) electrons. The third-order valence-electron chi connectivity index (χ3n) is 12.0. The molecule has 14 atom stereocenters. The molecule has 0 aromatic rings. The molecule has 9 nitrogen and oxygen atoms in total. The van der Waals surface area contributed by atoms with Crippen LogP contribution in [-0.2, 0) is 19.0 Å². The predicted octanol–water partition coefficient (Wildman–Crippen LogP) is 1.43. The minimum absolute atomic E-state index is 0.0143. The highest BCUT2D eigenvalue weighted by molar-refractivity contribution is 5.85. The van der Waals surface area contributed by atoms with Crippen molar-refractivity contribution in [3.63, 3.8) is 0 Å². The summed E-state index contributed by atoms with van der Waals surface area (Å²) in [5.41, 5.74) is -0.607. The van der Waals surface area contributed by atoms with Gasteiger partial charge in [-0.15, -0.1) is 0 Å². The molecule has 4 saturated carbocycles. The number of aliphatic hydroxyl groups excluding tert-OH is 4. The summed E-state index contributed by atoms with van der Waals surface area (Å²) in [6.45, 7) is 6.32. The van der Waals surface area contributed by atoms with Crippen LogP contribution in [0, 0.1) is 34.5 Å². The summed E-state index contributed by atoms with van der Waals surface area (Å²) in [7, 11) is 0. The quantitative estimate of drug-likeness (QED) is 0.267. The number of hydrogen-bond donors (Lipinski definition) is 5. The number of carbonyl (C=O) groups is 1. The van der Waals surface area contributed by atoms with E-state index in [2.05, 4.69) is 13.8 Å². The van der Waals surface area contributed by atoms with Crippen LogP contribution in [-0.4, -0.2) is 86.6 Å². The molecule has 1 saturated heterocycles. The Labute approximate surface area is 224 Å². The third-order valence-corrected chi connectivity index (χ3v) is 12.0. The molecule has 0 unspecified atom stereocenters. The summed E-state index contributed by atoms with van der Waals surface area (Å²) in [5, 5.41) is 54.7. The lowest BCUT2D eigenvalue weighted by atomic mass is 9.42. The van der Waals surface area contributed by atoms with E-state index in [-0.39, 0.29) is 41.8 Å². The number of hydrogen-bond acceptors (Lipinski definition) is 9.